The molecule has 1 aliphatic carbocycles. The minimum Gasteiger partial charge on any atom is -0.298 e. The van der Waals surface area contributed by atoms with Crippen molar-refractivity contribution in [3.8, 4) is 0 Å². The quantitative estimate of drug-likeness (QED) is 0.384. The molecule has 8 heteroatoms. The van der Waals surface area contributed by atoms with Crippen molar-refractivity contribution < 1.29 is 24.0 Å². The Balaban J connectivity index is 2.42. The summed E-state index contributed by atoms with van der Waals surface area (Å²) in [4.78, 5) is 55.2. The lowest BCUT2D eigenvalue weighted by molar-refractivity contribution is -0.133. The van der Waals surface area contributed by atoms with Crippen molar-refractivity contribution in [2.75, 3.05) is 13.2 Å². The first-order chi connectivity index (χ1) is 12.8. The summed E-state index contributed by atoms with van der Waals surface area (Å²) in [6.45, 7) is 4.21. The Labute approximate surface area is 167 Å². The van der Waals surface area contributed by atoms with Crippen molar-refractivity contribution in [2.24, 2.45) is 5.92 Å². The number of carbonyl (C=O) groups is 4. The molecule has 0 N–H and O–H groups in total. The highest BCUT2D eigenvalue weighted by atomic mass is 35.5. The van der Waals surface area contributed by atoms with Gasteiger partial charge in [0.05, 0.1) is 22.2 Å². The Kier molecular flexibility index (Phi) is 7.53. The van der Waals surface area contributed by atoms with Crippen LogP contribution in [0.15, 0.2) is 12.1 Å². The minimum atomic E-state index is -1.36. The molecule has 0 saturated heterocycles. The van der Waals surface area contributed by atoms with Crippen LogP contribution in [0, 0.1) is 5.92 Å². The molecule has 1 fully saturated rings. The molecule has 1 aromatic carbocycles. The van der Waals surface area contributed by atoms with Gasteiger partial charge in [-0.1, -0.05) is 30.1 Å². The van der Waals surface area contributed by atoms with Crippen molar-refractivity contribution in [2.45, 2.75) is 39.5 Å². The molecule has 1 amide bonds. The van der Waals surface area contributed by atoms with Gasteiger partial charge in [-0.2, -0.15) is 0 Å². The maximum atomic E-state index is 12.8. The van der Waals surface area contributed by atoms with Gasteiger partial charge in [0.25, 0.3) is 5.91 Å². The van der Waals surface area contributed by atoms with E-state index in [1.807, 2.05) is 6.92 Å². The van der Waals surface area contributed by atoms with Crippen LogP contribution in [0.1, 0.15) is 60.2 Å². The van der Waals surface area contributed by atoms with E-state index in [9.17, 15) is 19.2 Å². The predicted molar refractivity (Wildman–Crippen MR) is 101 cm³/mol. The number of nitrogens with zero attached hydrogens (tertiary/aromatic N) is 1. The van der Waals surface area contributed by atoms with Crippen LogP contribution >= 0.6 is 23.2 Å². The van der Waals surface area contributed by atoms with Crippen LogP contribution in [0.5, 0.6) is 0 Å². The number of Topliss-reactive ketones (excluding diaryl/α,β-unsaturated/α-hetero) is 3. The number of halogens is 2. The number of amides is 1. The maximum Gasteiger partial charge on any atom is 0.280 e. The number of benzene rings is 1. The summed E-state index contributed by atoms with van der Waals surface area (Å²) in [7, 11) is 0. The largest absolute Gasteiger partial charge is 0.298 e. The Morgan fingerprint density at radius 3 is 2.33 bits per heavy atom. The second-order valence-electron chi connectivity index (χ2n) is 6.20. The fourth-order valence-electron chi connectivity index (χ4n) is 2.91. The first-order valence-electron chi connectivity index (χ1n) is 8.85. The van der Waals surface area contributed by atoms with E-state index in [4.69, 9.17) is 28.0 Å². The molecular formula is C19H21Cl2NO5. The highest BCUT2D eigenvalue weighted by Crippen LogP contribution is 2.32. The lowest BCUT2D eigenvalue weighted by atomic mass is 9.81. The molecule has 1 aliphatic rings. The zero-order valence-electron chi connectivity index (χ0n) is 15.2. The normalized spacial score (nSPS) is 15.1. The number of rotatable bonds is 7. The SMILES string of the molecule is CCCON(CC)C(=O)c1c(Cl)ccc(C(=O)C2C(=O)CCCC2=O)c1Cl. The first kappa shape index (κ1) is 21.5. The topological polar surface area (TPSA) is 80.8 Å². The van der Waals surface area contributed by atoms with Crippen LogP contribution in [0.3, 0.4) is 0 Å². The average Bonchev–Trinajstić information content (AvgIpc) is 2.62. The Hall–Kier alpha value is -1.76. The number of ketones is 3. The molecule has 0 bridgehead atoms. The third-order valence-corrected chi connectivity index (χ3v) is 5.00. The van der Waals surface area contributed by atoms with Gasteiger partial charge in [-0.25, -0.2) is 5.06 Å². The third kappa shape index (κ3) is 4.57. The van der Waals surface area contributed by atoms with Gasteiger partial charge in [-0.15, -0.1) is 0 Å². The molecule has 0 heterocycles. The molecule has 0 aromatic heterocycles. The van der Waals surface area contributed by atoms with Gasteiger partial charge in [-0.3, -0.25) is 24.0 Å². The van der Waals surface area contributed by atoms with Crippen molar-refractivity contribution >= 4 is 46.5 Å². The van der Waals surface area contributed by atoms with Gasteiger partial charge in [-0.05, 0) is 31.9 Å². The van der Waals surface area contributed by atoms with Crippen molar-refractivity contribution in [3.63, 3.8) is 0 Å². The summed E-state index contributed by atoms with van der Waals surface area (Å²) in [6.07, 6.45) is 1.50. The zero-order valence-corrected chi connectivity index (χ0v) is 16.7. The summed E-state index contributed by atoms with van der Waals surface area (Å²) >= 11 is 12.5. The van der Waals surface area contributed by atoms with Crippen LogP contribution in [0.4, 0.5) is 0 Å². The van der Waals surface area contributed by atoms with E-state index >= 15 is 0 Å². The average molecular weight is 414 g/mol. The summed E-state index contributed by atoms with van der Waals surface area (Å²) in [5.74, 6) is -3.48. The Bertz CT molecular complexity index is 762. The van der Waals surface area contributed by atoms with Crippen LogP contribution in [-0.2, 0) is 14.4 Å². The van der Waals surface area contributed by atoms with Crippen molar-refractivity contribution in [1.29, 1.82) is 0 Å². The van der Waals surface area contributed by atoms with Gasteiger partial charge < -0.3 is 0 Å². The second kappa shape index (κ2) is 9.44. The number of carbonyl (C=O) groups excluding carboxylic acids is 4. The van der Waals surface area contributed by atoms with Gasteiger partial charge in [0.2, 0.25) is 0 Å². The molecule has 2 rings (SSSR count). The van der Waals surface area contributed by atoms with Gasteiger partial charge >= 0.3 is 0 Å². The fraction of sp³-hybridized carbons (Fsp3) is 0.474. The molecule has 27 heavy (non-hydrogen) atoms. The highest BCUT2D eigenvalue weighted by Gasteiger charge is 2.38. The van der Waals surface area contributed by atoms with Gasteiger partial charge in [0, 0.05) is 24.9 Å². The van der Waals surface area contributed by atoms with E-state index in [1.165, 1.54) is 12.1 Å². The summed E-state index contributed by atoms with van der Waals surface area (Å²) in [6, 6.07) is 2.70. The highest BCUT2D eigenvalue weighted by molar-refractivity contribution is 6.42. The van der Waals surface area contributed by atoms with Crippen molar-refractivity contribution in [1.82, 2.24) is 5.06 Å². The number of hydrogen-bond donors (Lipinski definition) is 0. The number of hydroxylamine groups is 2. The standard InChI is InChI=1S/C19H21Cl2NO5/c1-3-10-27-22(4-2)19(26)15-12(20)9-8-11(17(15)21)18(25)16-13(23)6-5-7-14(16)24/h8-9,16H,3-7,10H2,1-2H3. The van der Waals surface area contributed by atoms with Crippen LogP contribution in [0.2, 0.25) is 10.0 Å². The Morgan fingerprint density at radius 1 is 1.15 bits per heavy atom. The molecule has 6 nitrogen and oxygen atoms in total. The summed E-state index contributed by atoms with van der Waals surface area (Å²) in [5, 5.41) is 0.991. The maximum absolute atomic E-state index is 12.8. The molecule has 0 spiro atoms. The first-order valence-corrected chi connectivity index (χ1v) is 9.61. The van der Waals surface area contributed by atoms with Crippen molar-refractivity contribution in [3.05, 3.63) is 33.3 Å². The van der Waals surface area contributed by atoms with Crippen LogP contribution < -0.4 is 0 Å². The molecule has 0 unspecified atom stereocenters. The van der Waals surface area contributed by atoms with E-state index in [0.29, 0.717) is 19.4 Å². The van der Waals surface area contributed by atoms with Gasteiger partial charge in [0.1, 0.15) is 5.92 Å². The zero-order chi connectivity index (χ0) is 20.1. The minimum absolute atomic E-state index is 0.0568. The summed E-state index contributed by atoms with van der Waals surface area (Å²) in [5.41, 5.74) is -0.151. The Morgan fingerprint density at radius 2 is 1.78 bits per heavy atom. The third-order valence-electron chi connectivity index (χ3n) is 4.29. The van der Waals surface area contributed by atoms with Gasteiger partial charge in [0.15, 0.2) is 17.3 Å². The van der Waals surface area contributed by atoms with E-state index in [1.54, 1.807) is 6.92 Å². The number of hydrogen-bond acceptors (Lipinski definition) is 5. The monoisotopic (exact) mass is 413 g/mol. The second-order valence-corrected chi connectivity index (χ2v) is 6.99. The molecule has 146 valence electrons. The molecule has 1 saturated carbocycles. The molecular weight excluding hydrogens is 393 g/mol. The summed E-state index contributed by atoms with van der Waals surface area (Å²) < 4.78 is 0. The lowest BCUT2D eigenvalue weighted by Crippen LogP contribution is -2.36. The predicted octanol–water partition coefficient (Wildman–Crippen LogP) is 3.92. The van der Waals surface area contributed by atoms with E-state index in [-0.39, 0.29) is 40.6 Å². The smallest absolute Gasteiger partial charge is 0.280 e. The van der Waals surface area contributed by atoms with E-state index < -0.39 is 29.2 Å². The van der Waals surface area contributed by atoms with Crippen LogP contribution in [-0.4, -0.2) is 41.5 Å². The molecule has 0 radical (unpaired) electrons. The molecule has 0 aliphatic heterocycles. The molecule has 1 aromatic rings. The van der Waals surface area contributed by atoms with E-state index in [2.05, 4.69) is 0 Å². The molecule has 0 atom stereocenters. The lowest BCUT2D eigenvalue weighted by Gasteiger charge is -2.22. The van der Waals surface area contributed by atoms with Crippen LogP contribution in [0.25, 0.3) is 0 Å². The van der Waals surface area contributed by atoms with E-state index in [0.717, 1.165) is 5.06 Å². The fourth-order valence-corrected chi connectivity index (χ4v) is 3.54.